The van der Waals surface area contributed by atoms with E-state index in [4.69, 9.17) is 4.74 Å². The van der Waals surface area contributed by atoms with Crippen LogP contribution in [-0.4, -0.2) is 22.4 Å². The molecule has 1 atom stereocenters. The number of carbonyl (C=O) groups excluding carboxylic acids is 1. The molecule has 104 valence electrons. The fourth-order valence-electron chi connectivity index (χ4n) is 1.84. The predicted molar refractivity (Wildman–Crippen MR) is 74.8 cm³/mol. The number of ether oxygens (including phenoxy) is 1. The highest BCUT2D eigenvalue weighted by molar-refractivity contribution is 7.85. The van der Waals surface area contributed by atoms with Gasteiger partial charge in [0.05, 0.1) is 35.0 Å². The average Bonchev–Trinajstić information content (AvgIpc) is 2.53. The maximum Gasteiger partial charge on any atom is 0.339 e. The van der Waals surface area contributed by atoms with Gasteiger partial charge in [0, 0.05) is 4.90 Å². The van der Waals surface area contributed by atoms with Crippen LogP contribution in [0.1, 0.15) is 15.9 Å². The first kappa shape index (κ1) is 14.4. The van der Waals surface area contributed by atoms with Crippen LogP contribution in [0.4, 0.5) is 0 Å². The van der Waals surface area contributed by atoms with E-state index in [2.05, 4.69) is 0 Å². The van der Waals surface area contributed by atoms with Gasteiger partial charge in [-0.2, -0.15) is 0 Å². The van der Waals surface area contributed by atoms with Gasteiger partial charge in [-0.3, -0.25) is 0 Å². The van der Waals surface area contributed by atoms with E-state index in [-0.39, 0.29) is 12.2 Å². The van der Waals surface area contributed by atoms with Crippen LogP contribution in [0.15, 0.2) is 58.3 Å². The maximum absolute atomic E-state index is 12.7. The average molecular weight is 290 g/mol. The molecule has 20 heavy (non-hydrogen) atoms. The lowest BCUT2D eigenvalue weighted by molar-refractivity contribution is 0.0596. The lowest BCUT2D eigenvalue weighted by Crippen LogP contribution is -2.08. The first-order valence-electron chi connectivity index (χ1n) is 5.97. The molecule has 0 radical (unpaired) electrons. The van der Waals surface area contributed by atoms with Crippen LogP contribution in [0.2, 0.25) is 0 Å². The fourth-order valence-corrected chi connectivity index (χ4v) is 3.20. The largest absolute Gasteiger partial charge is 0.465 e. The predicted octanol–water partition coefficient (Wildman–Crippen LogP) is 2.13. The number of esters is 1. The molecule has 1 N–H and O–H groups in total. The summed E-state index contributed by atoms with van der Waals surface area (Å²) in [5, 5.41) is 9.31. The van der Waals surface area contributed by atoms with Crippen molar-refractivity contribution in [1.82, 2.24) is 0 Å². The zero-order valence-electron chi connectivity index (χ0n) is 10.9. The van der Waals surface area contributed by atoms with Crippen molar-refractivity contribution in [2.45, 2.75) is 16.4 Å². The molecular weight excluding hydrogens is 276 g/mol. The number of rotatable bonds is 4. The van der Waals surface area contributed by atoms with Gasteiger partial charge in [0.25, 0.3) is 0 Å². The summed E-state index contributed by atoms with van der Waals surface area (Å²) in [4.78, 5) is 12.6. The third kappa shape index (κ3) is 2.79. The summed E-state index contributed by atoms with van der Waals surface area (Å²) in [6, 6.07) is 13.5. The van der Waals surface area contributed by atoms with Gasteiger partial charge in [-0.05, 0) is 23.8 Å². The molecule has 0 spiro atoms. The molecule has 4 nitrogen and oxygen atoms in total. The Morgan fingerprint density at radius 3 is 2.35 bits per heavy atom. The van der Waals surface area contributed by atoms with Crippen LogP contribution in [0.5, 0.6) is 0 Å². The molecule has 5 heteroatoms. The third-order valence-corrected chi connectivity index (χ3v) is 4.39. The van der Waals surface area contributed by atoms with Crippen LogP contribution < -0.4 is 0 Å². The molecule has 0 aliphatic heterocycles. The van der Waals surface area contributed by atoms with Crippen molar-refractivity contribution >= 4 is 16.8 Å². The van der Waals surface area contributed by atoms with Gasteiger partial charge >= 0.3 is 5.97 Å². The Morgan fingerprint density at radius 2 is 1.70 bits per heavy atom. The number of aliphatic hydroxyl groups is 1. The number of carbonyl (C=O) groups is 1. The molecule has 2 aromatic rings. The molecule has 0 aliphatic rings. The van der Waals surface area contributed by atoms with Crippen molar-refractivity contribution in [2.24, 2.45) is 0 Å². The number of hydrogen-bond acceptors (Lipinski definition) is 4. The Morgan fingerprint density at radius 1 is 1.10 bits per heavy atom. The minimum absolute atomic E-state index is 0.206. The molecule has 0 saturated carbocycles. The van der Waals surface area contributed by atoms with Gasteiger partial charge in [0.15, 0.2) is 0 Å². The summed E-state index contributed by atoms with van der Waals surface area (Å²) in [5.74, 6) is -0.532. The minimum atomic E-state index is -1.55. The SMILES string of the molecule is COC(=O)c1ccccc1S(=O)c1ccccc1CO. The normalized spacial score (nSPS) is 11.9. The first-order chi connectivity index (χ1) is 9.69. The van der Waals surface area contributed by atoms with Gasteiger partial charge in [-0.1, -0.05) is 30.3 Å². The number of hydrogen-bond donors (Lipinski definition) is 1. The number of benzene rings is 2. The van der Waals surface area contributed by atoms with E-state index in [0.717, 1.165) is 0 Å². The van der Waals surface area contributed by atoms with Gasteiger partial charge in [-0.15, -0.1) is 0 Å². The van der Waals surface area contributed by atoms with Gasteiger partial charge in [0.2, 0.25) is 0 Å². The van der Waals surface area contributed by atoms with E-state index in [0.29, 0.717) is 15.4 Å². The highest BCUT2D eigenvalue weighted by Crippen LogP contribution is 2.23. The van der Waals surface area contributed by atoms with Gasteiger partial charge in [-0.25, -0.2) is 9.00 Å². The molecule has 0 bridgehead atoms. The summed E-state index contributed by atoms with van der Waals surface area (Å²) in [6.45, 7) is -0.206. The highest BCUT2D eigenvalue weighted by atomic mass is 32.2. The molecule has 0 fully saturated rings. The van der Waals surface area contributed by atoms with E-state index in [1.807, 2.05) is 0 Å². The van der Waals surface area contributed by atoms with Crippen LogP contribution in [0, 0.1) is 0 Å². The Hall–Kier alpha value is -1.98. The van der Waals surface area contributed by atoms with Crippen LogP contribution in [0.25, 0.3) is 0 Å². The summed E-state index contributed by atoms with van der Waals surface area (Å²) in [6.07, 6.45) is 0. The smallest absolute Gasteiger partial charge is 0.339 e. The lowest BCUT2D eigenvalue weighted by Gasteiger charge is -2.10. The molecule has 0 saturated heterocycles. The molecule has 1 unspecified atom stereocenters. The molecule has 0 heterocycles. The highest BCUT2D eigenvalue weighted by Gasteiger charge is 2.18. The molecule has 2 aromatic carbocycles. The van der Waals surface area contributed by atoms with E-state index in [1.165, 1.54) is 7.11 Å². The van der Waals surface area contributed by atoms with Crippen molar-refractivity contribution in [1.29, 1.82) is 0 Å². The number of methoxy groups -OCH3 is 1. The summed E-state index contributed by atoms with van der Waals surface area (Å²) < 4.78 is 17.4. The second-order valence-corrected chi connectivity index (χ2v) is 5.44. The Labute approximate surface area is 119 Å². The third-order valence-electron chi connectivity index (χ3n) is 2.83. The van der Waals surface area contributed by atoms with Crippen molar-refractivity contribution in [3.63, 3.8) is 0 Å². The van der Waals surface area contributed by atoms with E-state index < -0.39 is 16.8 Å². The monoisotopic (exact) mass is 290 g/mol. The second-order valence-electron chi connectivity index (χ2n) is 4.02. The Bertz CT molecular complexity index is 652. The lowest BCUT2D eigenvalue weighted by atomic mass is 10.2. The van der Waals surface area contributed by atoms with Crippen LogP contribution in [-0.2, 0) is 22.1 Å². The standard InChI is InChI=1S/C15H14O4S/c1-19-15(17)12-7-3-5-9-14(12)20(18)13-8-4-2-6-11(13)10-16/h2-9,16H,10H2,1H3. The Kier molecular flexibility index (Phi) is 4.65. The zero-order valence-corrected chi connectivity index (χ0v) is 11.7. The van der Waals surface area contributed by atoms with Crippen molar-refractivity contribution in [3.8, 4) is 0 Å². The molecule has 0 aromatic heterocycles. The van der Waals surface area contributed by atoms with E-state index in [9.17, 15) is 14.1 Å². The zero-order chi connectivity index (χ0) is 14.5. The van der Waals surface area contributed by atoms with E-state index in [1.54, 1.807) is 48.5 Å². The molecule has 0 amide bonds. The molecule has 0 aliphatic carbocycles. The van der Waals surface area contributed by atoms with Gasteiger partial charge < -0.3 is 9.84 Å². The maximum atomic E-state index is 12.7. The van der Waals surface area contributed by atoms with Crippen LogP contribution >= 0.6 is 0 Å². The molecular formula is C15H14O4S. The summed E-state index contributed by atoms with van der Waals surface area (Å²) >= 11 is 0. The van der Waals surface area contributed by atoms with Crippen molar-refractivity contribution < 1.29 is 18.8 Å². The minimum Gasteiger partial charge on any atom is -0.465 e. The molecule has 2 rings (SSSR count). The first-order valence-corrected chi connectivity index (χ1v) is 7.12. The van der Waals surface area contributed by atoms with E-state index >= 15 is 0 Å². The summed E-state index contributed by atoms with van der Waals surface area (Å²) in [7, 11) is -0.271. The van der Waals surface area contributed by atoms with Crippen molar-refractivity contribution in [3.05, 3.63) is 59.7 Å². The topological polar surface area (TPSA) is 63.6 Å². The second kappa shape index (κ2) is 6.45. The van der Waals surface area contributed by atoms with Crippen molar-refractivity contribution in [2.75, 3.05) is 7.11 Å². The van der Waals surface area contributed by atoms with Crippen LogP contribution in [0.3, 0.4) is 0 Å². The van der Waals surface area contributed by atoms with Gasteiger partial charge in [0.1, 0.15) is 0 Å². The Balaban J connectivity index is 2.51. The summed E-state index contributed by atoms with van der Waals surface area (Å²) in [5.41, 5.74) is 0.839. The fraction of sp³-hybridized carbons (Fsp3) is 0.133. The quantitative estimate of drug-likeness (QED) is 0.876. The number of aliphatic hydroxyl groups excluding tert-OH is 1.